The maximum atomic E-state index is 13.0. The minimum atomic E-state index is -0.662. The number of urea groups is 1. The van der Waals surface area contributed by atoms with Gasteiger partial charge in [0.2, 0.25) is 11.8 Å². The molecule has 1 aromatic heterocycles. The predicted molar refractivity (Wildman–Crippen MR) is 142 cm³/mol. The lowest BCUT2D eigenvalue weighted by Crippen LogP contribution is -2.46. The van der Waals surface area contributed by atoms with Crippen LogP contribution < -0.4 is 21.4 Å². The second kappa shape index (κ2) is 17.4. The van der Waals surface area contributed by atoms with Gasteiger partial charge in [-0.3, -0.25) is 14.4 Å². The molecule has 2 aromatic rings. The number of benzene rings is 1. The number of carbonyl (C=O) groups excluding carboxylic acids is 3. The van der Waals surface area contributed by atoms with Crippen molar-refractivity contribution >= 4 is 34.3 Å². The molecule has 4 amide bonds. The molecule has 0 radical (unpaired) electrons. The summed E-state index contributed by atoms with van der Waals surface area (Å²) in [5, 5.41) is 10.8. The van der Waals surface area contributed by atoms with Crippen molar-refractivity contribution in [1.29, 1.82) is 0 Å². The van der Waals surface area contributed by atoms with Crippen LogP contribution >= 0.6 is 11.3 Å². The van der Waals surface area contributed by atoms with E-state index in [1.54, 1.807) is 11.6 Å². The molecule has 0 fully saturated rings. The zero-order chi connectivity index (χ0) is 26.0. The average Bonchev–Trinajstić information content (AvgIpc) is 3.39. The lowest BCUT2D eigenvalue weighted by Gasteiger charge is -2.22. The molecule has 0 saturated heterocycles. The van der Waals surface area contributed by atoms with Gasteiger partial charge in [-0.1, -0.05) is 63.4 Å². The van der Waals surface area contributed by atoms with Gasteiger partial charge in [0, 0.05) is 24.0 Å². The van der Waals surface area contributed by atoms with Gasteiger partial charge in [-0.2, -0.15) is 0 Å². The van der Waals surface area contributed by atoms with Crippen LogP contribution in [0.5, 0.6) is 0 Å². The summed E-state index contributed by atoms with van der Waals surface area (Å²) in [7, 11) is 0. The van der Waals surface area contributed by atoms with Gasteiger partial charge in [0.1, 0.15) is 6.04 Å². The van der Waals surface area contributed by atoms with E-state index in [0.29, 0.717) is 30.9 Å². The van der Waals surface area contributed by atoms with Crippen molar-refractivity contribution in [2.24, 2.45) is 5.92 Å². The van der Waals surface area contributed by atoms with Gasteiger partial charge in [0.15, 0.2) is 5.13 Å². The van der Waals surface area contributed by atoms with Crippen molar-refractivity contribution in [1.82, 2.24) is 21.1 Å². The van der Waals surface area contributed by atoms with E-state index in [2.05, 4.69) is 40.3 Å². The topological polar surface area (TPSA) is 121 Å². The number of amides is 4. The SMILES string of the molecule is CCCCC(CCC)C(=O)N[C@@H](CCCCNC(=O)NOCc1ccccc1)C(=O)Nc1nccs1. The molecule has 2 atom stereocenters. The third-order valence-corrected chi connectivity index (χ3v) is 6.35. The minimum absolute atomic E-state index is 0.0716. The number of unbranched alkanes of at least 4 members (excludes halogenated alkanes) is 2. The molecule has 0 aliphatic heterocycles. The summed E-state index contributed by atoms with van der Waals surface area (Å²) in [5.74, 6) is -0.437. The van der Waals surface area contributed by atoms with E-state index in [-0.39, 0.29) is 24.3 Å². The lowest BCUT2D eigenvalue weighted by atomic mass is 9.95. The monoisotopic (exact) mass is 517 g/mol. The molecular weight excluding hydrogens is 478 g/mol. The molecule has 0 aliphatic rings. The third kappa shape index (κ3) is 11.6. The van der Waals surface area contributed by atoms with Crippen LogP contribution in [0.4, 0.5) is 9.93 Å². The summed E-state index contributed by atoms with van der Waals surface area (Å²) < 4.78 is 0. The molecule has 10 heteroatoms. The molecule has 0 aliphatic carbocycles. The number of hydrogen-bond acceptors (Lipinski definition) is 6. The van der Waals surface area contributed by atoms with E-state index >= 15 is 0 Å². The Labute approximate surface area is 217 Å². The molecule has 2 rings (SSSR count). The Morgan fingerprint density at radius 2 is 1.78 bits per heavy atom. The Bertz CT molecular complexity index is 895. The fourth-order valence-electron chi connectivity index (χ4n) is 3.71. The first-order chi connectivity index (χ1) is 17.5. The molecule has 198 valence electrons. The normalized spacial score (nSPS) is 12.4. The van der Waals surface area contributed by atoms with Crippen molar-refractivity contribution in [3.63, 3.8) is 0 Å². The highest BCUT2D eigenvalue weighted by Crippen LogP contribution is 2.17. The second-order valence-corrected chi connectivity index (χ2v) is 9.54. The van der Waals surface area contributed by atoms with Gasteiger partial charge >= 0.3 is 6.03 Å². The number of nitrogens with zero attached hydrogens (tertiary/aromatic N) is 1. The van der Waals surface area contributed by atoms with Gasteiger partial charge in [0.25, 0.3) is 0 Å². The number of anilines is 1. The summed E-state index contributed by atoms with van der Waals surface area (Å²) in [6, 6.07) is 8.46. The number of aromatic nitrogens is 1. The van der Waals surface area contributed by atoms with Crippen LogP contribution in [-0.2, 0) is 21.0 Å². The minimum Gasteiger partial charge on any atom is -0.344 e. The Morgan fingerprint density at radius 1 is 0.972 bits per heavy atom. The van der Waals surface area contributed by atoms with Gasteiger partial charge in [-0.25, -0.2) is 15.3 Å². The predicted octanol–water partition coefficient (Wildman–Crippen LogP) is 4.77. The Hall–Kier alpha value is -2.98. The summed E-state index contributed by atoms with van der Waals surface area (Å²) in [4.78, 5) is 47.1. The van der Waals surface area contributed by atoms with Crippen LogP contribution in [0.25, 0.3) is 0 Å². The van der Waals surface area contributed by atoms with Crippen molar-refractivity contribution in [3.05, 3.63) is 47.5 Å². The van der Waals surface area contributed by atoms with Crippen molar-refractivity contribution in [2.45, 2.75) is 77.9 Å². The average molecular weight is 518 g/mol. The zero-order valence-corrected chi connectivity index (χ0v) is 22.1. The van der Waals surface area contributed by atoms with E-state index in [4.69, 9.17) is 4.84 Å². The van der Waals surface area contributed by atoms with Gasteiger partial charge in [-0.05, 0) is 37.7 Å². The van der Waals surface area contributed by atoms with Gasteiger partial charge < -0.3 is 16.0 Å². The van der Waals surface area contributed by atoms with Gasteiger partial charge in [-0.15, -0.1) is 11.3 Å². The third-order valence-electron chi connectivity index (χ3n) is 5.66. The van der Waals surface area contributed by atoms with E-state index in [1.807, 2.05) is 30.3 Å². The summed E-state index contributed by atoms with van der Waals surface area (Å²) in [5.41, 5.74) is 3.32. The first kappa shape index (κ1) is 29.3. The van der Waals surface area contributed by atoms with E-state index in [9.17, 15) is 14.4 Å². The summed E-state index contributed by atoms with van der Waals surface area (Å²) in [6.45, 7) is 4.87. The van der Waals surface area contributed by atoms with Crippen molar-refractivity contribution in [3.8, 4) is 0 Å². The fraction of sp³-hybridized carbons (Fsp3) is 0.538. The van der Waals surface area contributed by atoms with E-state index < -0.39 is 12.1 Å². The number of hydrogen-bond donors (Lipinski definition) is 4. The van der Waals surface area contributed by atoms with Crippen molar-refractivity contribution in [2.75, 3.05) is 11.9 Å². The van der Waals surface area contributed by atoms with Crippen LogP contribution in [0.1, 0.15) is 70.8 Å². The first-order valence-electron chi connectivity index (χ1n) is 12.7. The maximum absolute atomic E-state index is 13.0. The molecule has 1 unspecified atom stereocenters. The Kier molecular flexibility index (Phi) is 14.2. The summed E-state index contributed by atoms with van der Waals surface area (Å²) >= 11 is 1.33. The first-order valence-corrected chi connectivity index (χ1v) is 13.6. The highest BCUT2D eigenvalue weighted by atomic mass is 32.1. The fourth-order valence-corrected chi connectivity index (χ4v) is 4.24. The van der Waals surface area contributed by atoms with Crippen LogP contribution in [0.15, 0.2) is 41.9 Å². The summed E-state index contributed by atoms with van der Waals surface area (Å²) in [6.07, 6.45) is 7.93. The molecule has 9 nitrogen and oxygen atoms in total. The Balaban J connectivity index is 1.78. The maximum Gasteiger partial charge on any atom is 0.338 e. The van der Waals surface area contributed by atoms with Crippen LogP contribution in [0.3, 0.4) is 0 Å². The smallest absolute Gasteiger partial charge is 0.338 e. The lowest BCUT2D eigenvalue weighted by molar-refractivity contribution is -0.129. The molecule has 1 aromatic carbocycles. The van der Waals surface area contributed by atoms with E-state index in [0.717, 1.165) is 37.7 Å². The number of nitrogens with one attached hydrogen (secondary N) is 4. The quantitative estimate of drug-likeness (QED) is 0.178. The molecule has 0 bridgehead atoms. The highest BCUT2D eigenvalue weighted by Gasteiger charge is 2.25. The zero-order valence-electron chi connectivity index (χ0n) is 21.3. The van der Waals surface area contributed by atoms with Crippen LogP contribution in [-0.4, -0.2) is 35.4 Å². The molecule has 36 heavy (non-hydrogen) atoms. The second-order valence-electron chi connectivity index (χ2n) is 8.64. The number of hydroxylamine groups is 1. The van der Waals surface area contributed by atoms with Gasteiger partial charge in [0.05, 0.1) is 6.61 Å². The highest BCUT2D eigenvalue weighted by molar-refractivity contribution is 7.13. The molecule has 0 saturated carbocycles. The van der Waals surface area contributed by atoms with Crippen LogP contribution in [0.2, 0.25) is 0 Å². The molecule has 4 N–H and O–H groups in total. The molecular formula is C26H39N5O4S. The van der Waals surface area contributed by atoms with E-state index in [1.165, 1.54) is 11.3 Å². The van der Waals surface area contributed by atoms with Crippen LogP contribution in [0, 0.1) is 5.92 Å². The van der Waals surface area contributed by atoms with Crippen molar-refractivity contribution < 1.29 is 19.2 Å². The number of thiazole rings is 1. The molecule has 0 spiro atoms. The molecule has 1 heterocycles. The Morgan fingerprint density at radius 3 is 2.47 bits per heavy atom. The number of carbonyl (C=O) groups is 3. The standard InChI is InChI=1S/C26H39N5O4S/c1-3-5-14-21(11-4-2)23(32)29-22(24(33)30-26-28-17-18-36-26)15-9-10-16-27-25(34)31-35-19-20-12-7-6-8-13-20/h6-8,12-13,17-18,21-22H,3-5,9-11,14-16,19H2,1-2H3,(H,29,32)(H2,27,31,34)(H,28,30,33)/t21?,22-/m0/s1. The largest absolute Gasteiger partial charge is 0.344 e. The number of rotatable bonds is 17.